The Kier molecular flexibility index (Phi) is 4.73. The Morgan fingerprint density at radius 3 is 2.76 bits per heavy atom. The third-order valence-electron chi connectivity index (χ3n) is 5.05. The Labute approximate surface area is 128 Å². The zero-order valence-electron chi connectivity index (χ0n) is 13.4. The Morgan fingerprint density at radius 2 is 2.05 bits per heavy atom. The number of hydrogen-bond donors (Lipinski definition) is 1. The van der Waals surface area contributed by atoms with Crippen molar-refractivity contribution in [1.29, 1.82) is 0 Å². The number of anilines is 1. The zero-order valence-corrected chi connectivity index (χ0v) is 13.4. The van der Waals surface area contributed by atoms with Gasteiger partial charge in [-0.1, -0.05) is 19.8 Å². The second-order valence-electron chi connectivity index (χ2n) is 6.54. The highest BCUT2D eigenvalue weighted by Gasteiger charge is 2.23. The molecule has 0 bridgehead atoms. The highest BCUT2D eigenvalue weighted by atomic mass is 15.2. The van der Waals surface area contributed by atoms with Crippen LogP contribution in [-0.4, -0.2) is 40.5 Å². The smallest absolute Gasteiger partial charge is 0.223 e. The quantitative estimate of drug-likeness (QED) is 0.902. The molecule has 2 fully saturated rings. The van der Waals surface area contributed by atoms with Gasteiger partial charge < -0.3 is 5.32 Å². The van der Waals surface area contributed by atoms with Gasteiger partial charge in [-0.05, 0) is 51.8 Å². The van der Waals surface area contributed by atoms with Crippen molar-refractivity contribution in [1.82, 2.24) is 14.9 Å². The average Bonchev–Trinajstić information content (AvgIpc) is 2.43. The standard InChI is InChI=1S/C17H28N4/c1-3-21-10-5-4-9-15(21)12-18-17-19-13(2)11-16(20-17)14-7-6-8-14/h11,14-15H,3-10,12H2,1-2H3,(H,18,19,20)/t15-/m0/s1. The number of hydrogen-bond acceptors (Lipinski definition) is 4. The second kappa shape index (κ2) is 6.73. The molecule has 116 valence electrons. The van der Waals surface area contributed by atoms with E-state index in [-0.39, 0.29) is 0 Å². The molecule has 1 aliphatic heterocycles. The Balaban J connectivity index is 1.62. The van der Waals surface area contributed by atoms with E-state index in [4.69, 9.17) is 4.98 Å². The van der Waals surface area contributed by atoms with Crippen molar-refractivity contribution in [2.75, 3.05) is 25.0 Å². The molecule has 1 atom stereocenters. The molecule has 0 amide bonds. The van der Waals surface area contributed by atoms with E-state index in [1.54, 1.807) is 0 Å². The summed E-state index contributed by atoms with van der Waals surface area (Å²) < 4.78 is 0. The molecule has 2 heterocycles. The first-order valence-electron chi connectivity index (χ1n) is 8.59. The molecular weight excluding hydrogens is 260 g/mol. The van der Waals surface area contributed by atoms with Crippen LogP contribution >= 0.6 is 0 Å². The minimum atomic E-state index is 0.639. The van der Waals surface area contributed by atoms with E-state index < -0.39 is 0 Å². The molecular formula is C17H28N4. The molecule has 1 saturated carbocycles. The second-order valence-corrected chi connectivity index (χ2v) is 6.54. The van der Waals surface area contributed by atoms with Crippen molar-refractivity contribution in [2.45, 2.75) is 64.3 Å². The summed E-state index contributed by atoms with van der Waals surface area (Å²) in [5.41, 5.74) is 2.33. The van der Waals surface area contributed by atoms with Gasteiger partial charge in [0.05, 0.1) is 0 Å². The van der Waals surface area contributed by atoms with Crippen LogP contribution in [0.1, 0.15) is 62.8 Å². The van der Waals surface area contributed by atoms with Gasteiger partial charge in [-0.25, -0.2) is 9.97 Å². The van der Waals surface area contributed by atoms with Crippen molar-refractivity contribution in [3.8, 4) is 0 Å². The molecule has 4 nitrogen and oxygen atoms in total. The van der Waals surface area contributed by atoms with Crippen LogP contribution in [0.2, 0.25) is 0 Å². The molecule has 1 aromatic heterocycles. The van der Waals surface area contributed by atoms with E-state index in [9.17, 15) is 0 Å². The summed E-state index contributed by atoms with van der Waals surface area (Å²) in [6, 6.07) is 2.80. The summed E-state index contributed by atoms with van der Waals surface area (Å²) in [5.74, 6) is 1.51. The van der Waals surface area contributed by atoms with Crippen molar-refractivity contribution in [3.63, 3.8) is 0 Å². The summed E-state index contributed by atoms with van der Waals surface area (Å²) in [5, 5.41) is 3.50. The van der Waals surface area contributed by atoms with Gasteiger partial charge in [-0.2, -0.15) is 0 Å². The molecule has 0 radical (unpaired) electrons. The fourth-order valence-corrected chi connectivity index (χ4v) is 3.50. The topological polar surface area (TPSA) is 41.0 Å². The third kappa shape index (κ3) is 3.54. The van der Waals surface area contributed by atoms with Crippen molar-refractivity contribution in [3.05, 3.63) is 17.5 Å². The van der Waals surface area contributed by atoms with Crippen LogP contribution in [-0.2, 0) is 0 Å². The minimum absolute atomic E-state index is 0.639. The third-order valence-corrected chi connectivity index (χ3v) is 5.05. The highest BCUT2D eigenvalue weighted by molar-refractivity contribution is 5.30. The lowest BCUT2D eigenvalue weighted by Crippen LogP contribution is -2.43. The average molecular weight is 288 g/mol. The van der Waals surface area contributed by atoms with E-state index in [0.717, 1.165) is 24.7 Å². The maximum Gasteiger partial charge on any atom is 0.223 e. The molecule has 21 heavy (non-hydrogen) atoms. The molecule has 3 rings (SSSR count). The Morgan fingerprint density at radius 1 is 1.19 bits per heavy atom. The summed E-state index contributed by atoms with van der Waals surface area (Å²) in [6.07, 6.45) is 7.93. The van der Waals surface area contributed by atoms with Gasteiger partial charge in [0, 0.05) is 29.9 Å². The number of likely N-dealkylation sites (N-methyl/N-ethyl adjacent to an activating group) is 1. The predicted octanol–water partition coefficient (Wildman–Crippen LogP) is 3.34. The molecule has 1 aliphatic carbocycles. The van der Waals surface area contributed by atoms with Crippen molar-refractivity contribution in [2.24, 2.45) is 0 Å². The molecule has 2 aliphatic rings. The summed E-state index contributed by atoms with van der Waals surface area (Å²) >= 11 is 0. The molecule has 1 saturated heterocycles. The molecule has 0 spiro atoms. The fraction of sp³-hybridized carbons (Fsp3) is 0.765. The number of likely N-dealkylation sites (tertiary alicyclic amines) is 1. The highest BCUT2D eigenvalue weighted by Crippen LogP contribution is 2.35. The number of piperidine rings is 1. The molecule has 0 unspecified atom stereocenters. The lowest BCUT2D eigenvalue weighted by atomic mass is 9.83. The van der Waals surface area contributed by atoms with Crippen LogP contribution in [0.25, 0.3) is 0 Å². The number of nitrogens with one attached hydrogen (secondary N) is 1. The van der Waals surface area contributed by atoms with E-state index in [1.165, 1.54) is 50.8 Å². The number of rotatable bonds is 5. The first-order valence-corrected chi connectivity index (χ1v) is 8.59. The number of aromatic nitrogens is 2. The first-order chi connectivity index (χ1) is 10.3. The van der Waals surface area contributed by atoms with Gasteiger partial charge in [0.25, 0.3) is 0 Å². The first kappa shape index (κ1) is 14.8. The number of nitrogens with zero attached hydrogens (tertiary/aromatic N) is 3. The summed E-state index contributed by atoms with van der Waals surface area (Å²) in [4.78, 5) is 11.9. The maximum absolute atomic E-state index is 4.75. The van der Waals surface area contributed by atoms with Crippen LogP contribution < -0.4 is 5.32 Å². The minimum Gasteiger partial charge on any atom is -0.353 e. The van der Waals surface area contributed by atoms with Crippen LogP contribution in [0, 0.1) is 6.92 Å². The maximum atomic E-state index is 4.75. The van der Waals surface area contributed by atoms with Crippen LogP contribution in [0.5, 0.6) is 0 Å². The van der Waals surface area contributed by atoms with E-state index in [2.05, 4.69) is 35.1 Å². The van der Waals surface area contributed by atoms with Gasteiger partial charge in [-0.3, -0.25) is 4.90 Å². The lowest BCUT2D eigenvalue weighted by Gasteiger charge is -2.35. The molecule has 1 N–H and O–H groups in total. The van der Waals surface area contributed by atoms with E-state index >= 15 is 0 Å². The zero-order chi connectivity index (χ0) is 14.7. The Bertz CT molecular complexity index is 470. The SMILES string of the molecule is CCN1CCCC[C@H]1CNc1nc(C)cc(C2CCC2)n1. The van der Waals surface area contributed by atoms with Gasteiger partial charge in [0.1, 0.15) is 0 Å². The lowest BCUT2D eigenvalue weighted by molar-refractivity contribution is 0.164. The van der Waals surface area contributed by atoms with Gasteiger partial charge in [-0.15, -0.1) is 0 Å². The predicted molar refractivity (Wildman–Crippen MR) is 86.7 cm³/mol. The van der Waals surface area contributed by atoms with Crippen LogP contribution in [0.15, 0.2) is 6.07 Å². The van der Waals surface area contributed by atoms with E-state index in [0.29, 0.717) is 12.0 Å². The molecule has 4 heteroatoms. The van der Waals surface area contributed by atoms with Crippen LogP contribution in [0.4, 0.5) is 5.95 Å². The summed E-state index contributed by atoms with van der Waals surface area (Å²) in [7, 11) is 0. The Hall–Kier alpha value is -1.16. The largest absolute Gasteiger partial charge is 0.353 e. The molecule has 0 aromatic carbocycles. The summed E-state index contributed by atoms with van der Waals surface area (Å²) in [6.45, 7) is 7.70. The number of aryl methyl sites for hydroxylation is 1. The monoisotopic (exact) mass is 288 g/mol. The molecule has 1 aromatic rings. The van der Waals surface area contributed by atoms with E-state index in [1.807, 2.05) is 0 Å². The van der Waals surface area contributed by atoms with Crippen molar-refractivity contribution >= 4 is 5.95 Å². The van der Waals surface area contributed by atoms with Gasteiger partial charge in [0.2, 0.25) is 5.95 Å². The van der Waals surface area contributed by atoms with Gasteiger partial charge >= 0.3 is 0 Å². The van der Waals surface area contributed by atoms with Crippen LogP contribution in [0.3, 0.4) is 0 Å². The normalized spacial score (nSPS) is 23.8. The van der Waals surface area contributed by atoms with Crippen molar-refractivity contribution < 1.29 is 0 Å². The fourth-order valence-electron chi connectivity index (χ4n) is 3.50. The van der Waals surface area contributed by atoms with Gasteiger partial charge in [0.15, 0.2) is 0 Å².